The molecule has 1 unspecified atom stereocenters. The summed E-state index contributed by atoms with van der Waals surface area (Å²) in [4.78, 5) is 1.38. The highest BCUT2D eigenvalue weighted by atomic mass is 79.9. The van der Waals surface area contributed by atoms with E-state index in [0.717, 1.165) is 10.9 Å². The van der Waals surface area contributed by atoms with Crippen molar-refractivity contribution >= 4 is 43.2 Å². The third-order valence-corrected chi connectivity index (χ3v) is 5.18. The Bertz CT molecular complexity index is 478. The van der Waals surface area contributed by atoms with E-state index in [1.807, 2.05) is 7.05 Å². The van der Waals surface area contributed by atoms with Crippen molar-refractivity contribution in [3.63, 3.8) is 0 Å². The number of benzene rings is 1. The van der Waals surface area contributed by atoms with Crippen molar-refractivity contribution < 1.29 is 0 Å². The van der Waals surface area contributed by atoms with Gasteiger partial charge in [0.05, 0.1) is 0 Å². The molecule has 0 saturated carbocycles. The molecule has 2 rings (SSSR count). The minimum absolute atomic E-state index is 0.359. The number of likely N-dealkylation sites (N-methyl/N-ethyl adjacent to an activating group) is 1. The van der Waals surface area contributed by atoms with Crippen molar-refractivity contribution in [3.8, 4) is 0 Å². The molecule has 1 N–H and O–H groups in total. The van der Waals surface area contributed by atoms with E-state index in [1.165, 1.54) is 14.9 Å². The van der Waals surface area contributed by atoms with Crippen LogP contribution in [0.1, 0.15) is 16.5 Å². The second-order valence-corrected chi connectivity index (χ2v) is 6.56. The molecule has 0 spiro atoms. The molecule has 17 heavy (non-hydrogen) atoms. The quantitative estimate of drug-likeness (QED) is 0.812. The van der Waals surface area contributed by atoms with Crippen molar-refractivity contribution in [3.05, 3.63) is 55.1 Å². The molecule has 1 aromatic carbocycles. The van der Waals surface area contributed by atoms with E-state index >= 15 is 0 Å². The minimum Gasteiger partial charge on any atom is -0.313 e. The fraction of sp³-hybridized carbons (Fsp3) is 0.231. The lowest BCUT2D eigenvalue weighted by atomic mass is 10.0. The van der Waals surface area contributed by atoms with Gasteiger partial charge in [0, 0.05) is 26.3 Å². The summed E-state index contributed by atoms with van der Waals surface area (Å²) >= 11 is 8.84. The molecular weight excluding hydrogens is 362 g/mol. The van der Waals surface area contributed by atoms with Gasteiger partial charge in [0.25, 0.3) is 0 Å². The van der Waals surface area contributed by atoms with Crippen LogP contribution in [0.4, 0.5) is 0 Å². The summed E-state index contributed by atoms with van der Waals surface area (Å²) in [6.07, 6.45) is 1.01. The first kappa shape index (κ1) is 13.3. The van der Waals surface area contributed by atoms with Crippen LogP contribution < -0.4 is 5.32 Å². The molecule has 0 aliphatic rings. The Balaban J connectivity index is 2.17. The third kappa shape index (κ3) is 3.41. The average Bonchev–Trinajstić information content (AvgIpc) is 2.73. The van der Waals surface area contributed by atoms with Gasteiger partial charge < -0.3 is 5.32 Å². The van der Waals surface area contributed by atoms with E-state index in [1.54, 1.807) is 11.3 Å². The van der Waals surface area contributed by atoms with Crippen LogP contribution in [0.5, 0.6) is 0 Å². The van der Waals surface area contributed by atoms with Crippen molar-refractivity contribution in [1.29, 1.82) is 0 Å². The standard InChI is InChI=1S/C13H13Br2NS/c1-16-12(8-13-11(15)6-7-17-13)9-2-4-10(14)5-3-9/h2-7,12,16H,8H2,1H3. The van der Waals surface area contributed by atoms with Gasteiger partial charge in [0.2, 0.25) is 0 Å². The summed E-state index contributed by atoms with van der Waals surface area (Å²) in [5.41, 5.74) is 1.32. The van der Waals surface area contributed by atoms with Crippen LogP contribution in [-0.2, 0) is 6.42 Å². The SMILES string of the molecule is CNC(Cc1sccc1Br)c1ccc(Br)cc1. The Morgan fingerprint density at radius 3 is 2.41 bits per heavy atom. The summed E-state index contributed by atoms with van der Waals surface area (Å²) in [5.74, 6) is 0. The van der Waals surface area contributed by atoms with Gasteiger partial charge in [0.15, 0.2) is 0 Å². The summed E-state index contributed by atoms with van der Waals surface area (Å²) in [5, 5.41) is 5.49. The van der Waals surface area contributed by atoms with E-state index in [-0.39, 0.29) is 0 Å². The molecule has 0 aliphatic carbocycles. The highest BCUT2D eigenvalue weighted by Crippen LogP contribution is 2.28. The number of thiophene rings is 1. The summed E-state index contributed by atoms with van der Waals surface area (Å²) in [6.45, 7) is 0. The summed E-state index contributed by atoms with van der Waals surface area (Å²) in [7, 11) is 2.01. The average molecular weight is 375 g/mol. The number of rotatable bonds is 4. The fourth-order valence-corrected chi connectivity index (χ4v) is 3.56. The van der Waals surface area contributed by atoms with Gasteiger partial charge in [-0.3, -0.25) is 0 Å². The molecule has 2 aromatic rings. The topological polar surface area (TPSA) is 12.0 Å². The van der Waals surface area contributed by atoms with Crippen LogP contribution in [0.3, 0.4) is 0 Å². The van der Waals surface area contributed by atoms with Gasteiger partial charge >= 0.3 is 0 Å². The zero-order valence-corrected chi connectivity index (χ0v) is 13.4. The zero-order chi connectivity index (χ0) is 12.3. The fourth-order valence-electron chi connectivity index (χ4n) is 1.74. The van der Waals surface area contributed by atoms with E-state index in [0.29, 0.717) is 6.04 Å². The molecule has 0 amide bonds. The Morgan fingerprint density at radius 2 is 1.88 bits per heavy atom. The second kappa shape index (κ2) is 6.14. The number of nitrogens with one attached hydrogen (secondary N) is 1. The maximum Gasteiger partial charge on any atom is 0.0366 e. The van der Waals surface area contributed by atoms with E-state index in [9.17, 15) is 0 Å². The van der Waals surface area contributed by atoms with Crippen molar-refractivity contribution in [2.75, 3.05) is 7.05 Å². The first-order valence-corrected chi connectivity index (χ1v) is 7.82. The zero-order valence-electron chi connectivity index (χ0n) is 9.41. The molecule has 0 bridgehead atoms. The smallest absolute Gasteiger partial charge is 0.0366 e. The summed E-state index contributed by atoms with van der Waals surface area (Å²) in [6, 6.07) is 11.0. The molecule has 1 aromatic heterocycles. The molecular formula is C13H13Br2NS. The van der Waals surface area contributed by atoms with Crippen molar-refractivity contribution in [2.24, 2.45) is 0 Å². The molecule has 1 heterocycles. The first-order valence-electron chi connectivity index (χ1n) is 5.35. The van der Waals surface area contributed by atoms with E-state index in [2.05, 4.69) is 72.9 Å². The summed E-state index contributed by atoms with van der Waals surface area (Å²) < 4.78 is 2.33. The van der Waals surface area contributed by atoms with Crippen LogP contribution in [0, 0.1) is 0 Å². The molecule has 1 nitrogen and oxygen atoms in total. The lowest BCUT2D eigenvalue weighted by molar-refractivity contribution is 0.595. The molecule has 90 valence electrons. The third-order valence-electron chi connectivity index (χ3n) is 2.70. The van der Waals surface area contributed by atoms with Crippen LogP contribution in [0.2, 0.25) is 0 Å². The van der Waals surface area contributed by atoms with Gasteiger partial charge in [-0.25, -0.2) is 0 Å². The first-order chi connectivity index (χ1) is 8.20. The maximum atomic E-state index is 3.58. The Morgan fingerprint density at radius 1 is 1.18 bits per heavy atom. The van der Waals surface area contributed by atoms with Crippen LogP contribution >= 0.6 is 43.2 Å². The van der Waals surface area contributed by atoms with E-state index in [4.69, 9.17) is 0 Å². The van der Waals surface area contributed by atoms with Gasteiger partial charge in [-0.1, -0.05) is 28.1 Å². The van der Waals surface area contributed by atoms with Gasteiger partial charge in [0.1, 0.15) is 0 Å². The van der Waals surface area contributed by atoms with E-state index < -0.39 is 0 Å². The Labute approximate surface area is 123 Å². The predicted octanol–water partition coefficient (Wildman–Crippen LogP) is 4.78. The highest BCUT2D eigenvalue weighted by molar-refractivity contribution is 9.10. The Kier molecular flexibility index (Phi) is 4.79. The predicted molar refractivity (Wildman–Crippen MR) is 81.7 cm³/mol. The van der Waals surface area contributed by atoms with Crippen LogP contribution in [0.15, 0.2) is 44.7 Å². The monoisotopic (exact) mass is 373 g/mol. The number of hydrogen-bond acceptors (Lipinski definition) is 2. The lowest BCUT2D eigenvalue weighted by Gasteiger charge is -2.16. The van der Waals surface area contributed by atoms with Crippen LogP contribution in [0.25, 0.3) is 0 Å². The molecule has 0 fully saturated rings. The maximum absolute atomic E-state index is 3.58. The lowest BCUT2D eigenvalue weighted by Crippen LogP contribution is -2.18. The molecule has 0 radical (unpaired) electrons. The minimum atomic E-state index is 0.359. The van der Waals surface area contributed by atoms with Crippen molar-refractivity contribution in [1.82, 2.24) is 5.32 Å². The van der Waals surface area contributed by atoms with Gasteiger partial charge in [-0.15, -0.1) is 11.3 Å². The number of hydrogen-bond donors (Lipinski definition) is 1. The molecule has 0 saturated heterocycles. The van der Waals surface area contributed by atoms with Gasteiger partial charge in [-0.2, -0.15) is 0 Å². The van der Waals surface area contributed by atoms with Crippen LogP contribution in [-0.4, -0.2) is 7.05 Å². The Hall–Kier alpha value is -0.160. The van der Waals surface area contributed by atoms with Crippen molar-refractivity contribution in [2.45, 2.75) is 12.5 Å². The molecule has 0 aliphatic heterocycles. The second-order valence-electron chi connectivity index (χ2n) is 3.79. The molecule has 4 heteroatoms. The highest BCUT2D eigenvalue weighted by Gasteiger charge is 2.12. The largest absolute Gasteiger partial charge is 0.313 e. The number of halogens is 2. The van der Waals surface area contributed by atoms with Gasteiger partial charge in [-0.05, 0) is 52.1 Å². The normalized spacial score (nSPS) is 12.6. The molecule has 1 atom stereocenters.